The molecule has 3 nitrogen and oxygen atoms in total. The number of aliphatic hydroxyl groups is 1. The van der Waals surface area contributed by atoms with E-state index in [1.165, 1.54) is 32.5 Å². The summed E-state index contributed by atoms with van der Waals surface area (Å²) in [6, 6.07) is 0.382. The van der Waals surface area contributed by atoms with Gasteiger partial charge in [0.2, 0.25) is 0 Å². The maximum Gasteiger partial charge on any atom is 0.0586 e. The van der Waals surface area contributed by atoms with Crippen molar-refractivity contribution in [2.24, 2.45) is 17.8 Å². The zero-order valence-corrected chi connectivity index (χ0v) is 12.2. The van der Waals surface area contributed by atoms with Crippen LogP contribution in [0.1, 0.15) is 26.2 Å². The molecule has 4 atom stereocenters. The highest BCUT2D eigenvalue weighted by molar-refractivity contribution is 5.10. The Hall–Kier alpha value is -0.380. The van der Waals surface area contributed by atoms with Crippen molar-refractivity contribution >= 4 is 0 Å². The van der Waals surface area contributed by atoms with Crippen LogP contribution in [0, 0.1) is 17.8 Å². The Bertz CT molecular complexity index is 319. The van der Waals surface area contributed by atoms with Gasteiger partial charge < -0.3 is 10.0 Å². The molecule has 0 aromatic heterocycles. The van der Waals surface area contributed by atoms with Gasteiger partial charge in [-0.05, 0) is 37.0 Å². The molecule has 3 aliphatic rings. The summed E-state index contributed by atoms with van der Waals surface area (Å²) in [5.41, 5.74) is 0. The summed E-state index contributed by atoms with van der Waals surface area (Å²) in [6.45, 7) is 8.44. The van der Waals surface area contributed by atoms with Crippen molar-refractivity contribution in [3.8, 4) is 0 Å². The number of rotatable bonds is 5. The Morgan fingerprint density at radius 2 is 1.95 bits per heavy atom. The lowest BCUT2D eigenvalue weighted by molar-refractivity contribution is 0.0557. The molecule has 1 saturated heterocycles. The molecule has 19 heavy (non-hydrogen) atoms. The summed E-state index contributed by atoms with van der Waals surface area (Å²) in [4.78, 5) is 5.12. The van der Waals surface area contributed by atoms with E-state index in [-0.39, 0.29) is 0 Å². The number of hydrogen-bond donors (Lipinski definition) is 1. The van der Waals surface area contributed by atoms with E-state index in [2.05, 4.69) is 28.9 Å². The highest BCUT2D eigenvalue weighted by Gasteiger charge is 2.36. The average molecular weight is 264 g/mol. The first-order chi connectivity index (χ1) is 9.30. The predicted octanol–water partition coefficient (Wildman–Crippen LogP) is 1.59. The van der Waals surface area contributed by atoms with Gasteiger partial charge in [-0.15, -0.1) is 0 Å². The van der Waals surface area contributed by atoms with E-state index in [1.807, 2.05) is 0 Å². The van der Waals surface area contributed by atoms with Gasteiger partial charge in [0.15, 0.2) is 0 Å². The minimum Gasteiger partial charge on any atom is -0.395 e. The lowest BCUT2D eigenvalue weighted by atomic mass is 9.93. The molecule has 108 valence electrons. The van der Waals surface area contributed by atoms with Crippen molar-refractivity contribution in [2.75, 3.05) is 39.3 Å². The maximum absolute atomic E-state index is 9.38. The van der Waals surface area contributed by atoms with E-state index >= 15 is 0 Å². The van der Waals surface area contributed by atoms with E-state index in [9.17, 15) is 5.11 Å². The molecule has 2 bridgehead atoms. The van der Waals surface area contributed by atoms with Crippen molar-refractivity contribution in [3.05, 3.63) is 12.2 Å². The van der Waals surface area contributed by atoms with Crippen LogP contribution in [0.5, 0.6) is 0 Å². The third-order valence-electron chi connectivity index (χ3n) is 5.51. The Morgan fingerprint density at radius 1 is 1.16 bits per heavy atom. The summed E-state index contributed by atoms with van der Waals surface area (Å²) >= 11 is 0. The van der Waals surface area contributed by atoms with Crippen LogP contribution in [-0.2, 0) is 0 Å². The summed E-state index contributed by atoms with van der Waals surface area (Å²) in [5, 5.41) is 9.38. The number of nitrogens with zero attached hydrogens (tertiary/aromatic N) is 2. The number of aliphatic hydroxyl groups excluding tert-OH is 1. The molecule has 0 unspecified atom stereocenters. The molecule has 0 radical (unpaired) electrons. The van der Waals surface area contributed by atoms with Gasteiger partial charge in [-0.3, -0.25) is 4.90 Å². The summed E-state index contributed by atoms with van der Waals surface area (Å²) in [5.74, 6) is 2.69. The molecule has 0 spiro atoms. The molecule has 0 aromatic carbocycles. The van der Waals surface area contributed by atoms with E-state index in [1.54, 1.807) is 0 Å². The smallest absolute Gasteiger partial charge is 0.0586 e. The molecule has 1 heterocycles. The van der Waals surface area contributed by atoms with Crippen molar-refractivity contribution in [3.63, 3.8) is 0 Å². The van der Waals surface area contributed by atoms with Crippen LogP contribution in [0.15, 0.2) is 12.2 Å². The van der Waals surface area contributed by atoms with Gasteiger partial charge in [0.25, 0.3) is 0 Å². The molecule has 2 fully saturated rings. The van der Waals surface area contributed by atoms with Gasteiger partial charge >= 0.3 is 0 Å². The van der Waals surface area contributed by atoms with Crippen LogP contribution in [0.4, 0.5) is 0 Å². The second kappa shape index (κ2) is 5.94. The first-order valence-corrected chi connectivity index (χ1v) is 8.05. The fraction of sp³-hybridized carbons (Fsp3) is 0.875. The van der Waals surface area contributed by atoms with Gasteiger partial charge in [0, 0.05) is 38.8 Å². The Kier molecular flexibility index (Phi) is 4.25. The van der Waals surface area contributed by atoms with Crippen LogP contribution < -0.4 is 0 Å². The molecule has 3 rings (SSSR count). The summed E-state index contributed by atoms with van der Waals surface area (Å²) < 4.78 is 0. The normalized spacial score (nSPS) is 37.1. The molecule has 0 aromatic rings. The maximum atomic E-state index is 9.38. The molecular weight excluding hydrogens is 236 g/mol. The highest BCUT2D eigenvalue weighted by Crippen LogP contribution is 2.43. The fourth-order valence-electron chi connectivity index (χ4n) is 4.25. The van der Waals surface area contributed by atoms with Crippen LogP contribution in [-0.4, -0.2) is 60.3 Å². The number of allylic oxidation sites excluding steroid dienone is 2. The SMILES string of the molecule is CC[C@H](CO)N1CCN(C[C@H]2C[C@H]3C=C[C@H]2C3)CC1. The van der Waals surface area contributed by atoms with Crippen LogP contribution in [0.3, 0.4) is 0 Å². The fourth-order valence-corrected chi connectivity index (χ4v) is 4.25. The molecule has 2 aliphatic carbocycles. The highest BCUT2D eigenvalue weighted by atomic mass is 16.3. The molecule has 0 amide bonds. The second-order valence-corrected chi connectivity index (χ2v) is 6.62. The minimum absolute atomic E-state index is 0.313. The number of fused-ring (bicyclic) bond motifs is 2. The van der Waals surface area contributed by atoms with Crippen molar-refractivity contribution in [2.45, 2.75) is 32.2 Å². The lowest BCUT2D eigenvalue weighted by Crippen LogP contribution is -2.52. The van der Waals surface area contributed by atoms with E-state index < -0.39 is 0 Å². The second-order valence-electron chi connectivity index (χ2n) is 6.62. The van der Waals surface area contributed by atoms with E-state index in [4.69, 9.17) is 0 Å². The quantitative estimate of drug-likeness (QED) is 0.764. The van der Waals surface area contributed by atoms with Crippen LogP contribution in [0.2, 0.25) is 0 Å². The Morgan fingerprint density at radius 3 is 2.47 bits per heavy atom. The van der Waals surface area contributed by atoms with Gasteiger partial charge in [0.1, 0.15) is 0 Å². The third kappa shape index (κ3) is 2.88. The lowest BCUT2D eigenvalue weighted by Gasteiger charge is -2.39. The summed E-state index contributed by atoms with van der Waals surface area (Å²) in [6.07, 6.45) is 8.82. The standard InChI is InChI=1S/C16H28N2O/c1-2-16(12-19)18-7-5-17(6-8-18)11-15-10-13-3-4-14(15)9-13/h3-4,13-16,19H,2,5-12H2,1H3/t13-,14-,15+,16+/m0/s1. The third-order valence-corrected chi connectivity index (χ3v) is 5.51. The zero-order chi connectivity index (χ0) is 13.2. The predicted molar refractivity (Wildman–Crippen MR) is 78.0 cm³/mol. The molecular formula is C16H28N2O. The largest absolute Gasteiger partial charge is 0.395 e. The van der Waals surface area contributed by atoms with Gasteiger partial charge in [-0.25, -0.2) is 0 Å². The average Bonchev–Trinajstić information content (AvgIpc) is 3.04. The van der Waals surface area contributed by atoms with Crippen molar-refractivity contribution in [1.29, 1.82) is 0 Å². The van der Waals surface area contributed by atoms with Crippen molar-refractivity contribution in [1.82, 2.24) is 9.80 Å². The van der Waals surface area contributed by atoms with Gasteiger partial charge in [0.05, 0.1) is 6.61 Å². The molecule has 1 saturated carbocycles. The van der Waals surface area contributed by atoms with Crippen molar-refractivity contribution < 1.29 is 5.11 Å². The molecule has 1 N–H and O–H groups in total. The van der Waals surface area contributed by atoms with E-state index in [0.29, 0.717) is 12.6 Å². The zero-order valence-electron chi connectivity index (χ0n) is 12.2. The first-order valence-electron chi connectivity index (χ1n) is 8.05. The summed E-state index contributed by atoms with van der Waals surface area (Å²) in [7, 11) is 0. The van der Waals surface area contributed by atoms with E-state index in [0.717, 1.165) is 37.3 Å². The Balaban J connectivity index is 1.44. The van der Waals surface area contributed by atoms with Crippen LogP contribution >= 0.6 is 0 Å². The number of hydrogen-bond acceptors (Lipinski definition) is 3. The van der Waals surface area contributed by atoms with Crippen LogP contribution in [0.25, 0.3) is 0 Å². The number of piperazine rings is 1. The minimum atomic E-state index is 0.313. The molecule has 1 aliphatic heterocycles. The van der Waals surface area contributed by atoms with Gasteiger partial charge in [-0.2, -0.15) is 0 Å². The molecule has 3 heteroatoms. The Labute approximate surface area is 117 Å². The first kappa shape index (κ1) is 13.6. The monoisotopic (exact) mass is 264 g/mol. The van der Waals surface area contributed by atoms with Gasteiger partial charge in [-0.1, -0.05) is 19.1 Å². The topological polar surface area (TPSA) is 26.7 Å².